The Morgan fingerprint density at radius 1 is 1.29 bits per heavy atom. The average molecular weight is 202 g/mol. The van der Waals surface area contributed by atoms with Crippen LogP contribution in [0.1, 0.15) is 39.5 Å². The molecule has 0 spiro atoms. The molecule has 0 bridgehead atoms. The molecule has 0 saturated heterocycles. The predicted octanol–water partition coefficient (Wildman–Crippen LogP) is 1.99. The van der Waals surface area contributed by atoms with E-state index in [1.54, 1.807) is 6.92 Å². The summed E-state index contributed by atoms with van der Waals surface area (Å²) in [6.07, 6.45) is 2.45. The van der Waals surface area contributed by atoms with E-state index in [1.807, 2.05) is 6.92 Å². The summed E-state index contributed by atoms with van der Waals surface area (Å²) in [6.45, 7) is 3.83. The van der Waals surface area contributed by atoms with Crippen LogP contribution in [-0.4, -0.2) is 22.2 Å². The Hall–Kier alpha value is -1.06. The van der Waals surface area contributed by atoms with Gasteiger partial charge in [-0.15, -0.1) is 0 Å². The molecule has 0 aromatic rings. The first-order chi connectivity index (χ1) is 6.49. The Morgan fingerprint density at radius 2 is 1.86 bits per heavy atom. The van der Waals surface area contributed by atoms with Crippen molar-refractivity contribution in [1.29, 1.82) is 0 Å². The maximum atomic E-state index is 10.8. The van der Waals surface area contributed by atoms with Crippen LogP contribution < -0.4 is 0 Å². The summed E-state index contributed by atoms with van der Waals surface area (Å²) in [6, 6.07) is 0. The van der Waals surface area contributed by atoms with Gasteiger partial charge in [-0.3, -0.25) is 9.59 Å². The first-order valence-corrected chi connectivity index (χ1v) is 4.93. The maximum absolute atomic E-state index is 10.8. The molecule has 0 fully saturated rings. The topological polar surface area (TPSA) is 74.6 Å². The van der Waals surface area contributed by atoms with Crippen LogP contribution in [0.4, 0.5) is 0 Å². The molecule has 4 heteroatoms. The van der Waals surface area contributed by atoms with Gasteiger partial charge in [0.15, 0.2) is 0 Å². The number of aliphatic carboxylic acids is 2. The van der Waals surface area contributed by atoms with E-state index in [0.29, 0.717) is 0 Å². The van der Waals surface area contributed by atoms with Crippen molar-refractivity contribution in [3.63, 3.8) is 0 Å². The first kappa shape index (κ1) is 12.9. The minimum Gasteiger partial charge on any atom is -0.481 e. The van der Waals surface area contributed by atoms with Gasteiger partial charge in [-0.05, 0) is 12.3 Å². The second-order valence-electron chi connectivity index (χ2n) is 3.66. The number of hydrogen-bond donors (Lipinski definition) is 2. The van der Waals surface area contributed by atoms with Gasteiger partial charge in [-0.1, -0.05) is 26.7 Å². The number of carbonyl (C=O) groups is 2. The van der Waals surface area contributed by atoms with E-state index in [1.165, 1.54) is 0 Å². The second-order valence-corrected chi connectivity index (χ2v) is 3.66. The highest BCUT2D eigenvalue weighted by atomic mass is 16.4. The van der Waals surface area contributed by atoms with Crippen LogP contribution in [0.25, 0.3) is 0 Å². The fourth-order valence-electron chi connectivity index (χ4n) is 1.45. The average Bonchev–Trinajstić information content (AvgIpc) is 2.09. The lowest BCUT2D eigenvalue weighted by Crippen LogP contribution is -2.24. The summed E-state index contributed by atoms with van der Waals surface area (Å²) < 4.78 is 0. The third-order valence-corrected chi connectivity index (χ3v) is 2.41. The fraction of sp³-hybridized carbons (Fsp3) is 0.800. The van der Waals surface area contributed by atoms with Gasteiger partial charge in [0.1, 0.15) is 0 Å². The first-order valence-electron chi connectivity index (χ1n) is 4.93. The molecule has 2 atom stereocenters. The Labute approximate surface area is 83.9 Å². The number of unbranched alkanes of at least 4 members (excludes halogenated alkanes) is 1. The van der Waals surface area contributed by atoms with Crippen LogP contribution >= 0.6 is 0 Å². The van der Waals surface area contributed by atoms with Crippen LogP contribution in [0.2, 0.25) is 0 Å². The Morgan fingerprint density at radius 3 is 2.21 bits per heavy atom. The molecule has 82 valence electrons. The molecule has 14 heavy (non-hydrogen) atoms. The Kier molecular flexibility index (Phi) is 5.92. The SMILES string of the molecule is CCCC[C@@H](C)[C@H](CC(=O)O)C(=O)O. The minimum atomic E-state index is -1.04. The van der Waals surface area contributed by atoms with Crippen molar-refractivity contribution in [3.05, 3.63) is 0 Å². The van der Waals surface area contributed by atoms with Crippen molar-refractivity contribution < 1.29 is 19.8 Å². The summed E-state index contributed by atoms with van der Waals surface area (Å²) in [5.74, 6) is -2.86. The summed E-state index contributed by atoms with van der Waals surface area (Å²) >= 11 is 0. The highest BCUT2D eigenvalue weighted by molar-refractivity contribution is 5.77. The molecule has 0 unspecified atom stereocenters. The highest BCUT2D eigenvalue weighted by Crippen LogP contribution is 2.21. The summed E-state index contributed by atoms with van der Waals surface area (Å²) in [4.78, 5) is 21.2. The molecule has 0 aliphatic heterocycles. The van der Waals surface area contributed by atoms with E-state index in [9.17, 15) is 9.59 Å². The van der Waals surface area contributed by atoms with Gasteiger partial charge in [-0.2, -0.15) is 0 Å². The third-order valence-electron chi connectivity index (χ3n) is 2.41. The van der Waals surface area contributed by atoms with Crippen molar-refractivity contribution >= 4 is 11.9 Å². The second kappa shape index (κ2) is 6.40. The number of hydrogen-bond acceptors (Lipinski definition) is 2. The van der Waals surface area contributed by atoms with Crippen molar-refractivity contribution in [1.82, 2.24) is 0 Å². The molecule has 0 amide bonds. The fourth-order valence-corrected chi connectivity index (χ4v) is 1.45. The number of carboxylic acids is 2. The normalized spacial score (nSPS) is 14.7. The van der Waals surface area contributed by atoms with Gasteiger partial charge in [0, 0.05) is 0 Å². The van der Waals surface area contributed by atoms with Crippen molar-refractivity contribution in [3.8, 4) is 0 Å². The molecule has 0 rings (SSSR count). The minimum absolute atomic E-state index is 0.0662. The van der Waals surface area contributed by atoms with E-state index in [-0.39, 0.29) is 12.3 Å². The zero-order valence-corrected chi connectivity index (χ0v) is 8.69. The van der Waals surface area contributed by atoms with Gasteiger partial charge < -0.3 is 10.2 Å². The Bertz CT molecular complexity index is 200. The lowest BCUT2D eigenvalue weighted by molar-refractivity contribution is -0.150. The molecule has 0 aliphatic rings. The maximum Gasteiger partial charge on any atom is 0.307 e. The largest absolute Gasteiger partial charge is 0.481 e. The predicted molar refractivity (Wildman–Crippen MR) is 52.1 cm³/mol. The molecular formula is C10H18O4. The van der Waals surface area contributed by atoms with Gasteiger partial charge in [0.25, 0.3) is 0 Å². The zero-order valence-electron chi connectivity index (χ0n) is 8.69. The van der Waals surface area contributed by atoms with E-state index in [4.69, 9.17) is 10.2 Å². The Balaban J connectivity index is 4.18. The molecule has 4 nitrogen and oxygen atoms in total. The van der Waals surface area contributed by atoms with Gasteiger partial charge in [-0.25, -0.2) is 0 Å². The highest BCUT2D eigenvalue weighted by Gasteiger charge is 2.26. The molecule has 2 N–H and O–H groups in total. The van der Waals surface area contributed by atoms with Crippen LogP contribution in [0, 0.1) is 11.8 Å². The molecule has 0 aromatic carbocycles. The van der Waals surface area contributed by atoms with Crippen LogP contribution in [0.15, 0.2) is 0 Å². The van der Waals surface area contributed by atoms with Crippen LogP contribution in [-0.2, 0) is 9.59 Å². The number of carboxylic acid groups (broad SMARTS) is 2. The van der Waals surface area contributed by atoms with E-state index in [2.05, 4.69) is 0 Å². The lowest BCUT2D eigenvalue weighted by Gasteiger charge is -2.17. The smallest absolute Gasteiger partial charge is 0.307 e. The van der Waals surface area contributed by atoms with Crippen molar-refractivity contribution in [2.24, 2.45) is 11.8 Å². The quantitative estimate of drug-likeness (QED) is 0.662. The van der Waals surface area contributed by atoms with E-state index < -0.39 is 17.9 Å². The lowest BCUT2D eigenvalue weighted by atomic mass is 9.87. The standard InChI is InChI=1S/C10H18O4/c1-3-4-5-7(2)8(10(13)14)6-9(11)12/h7-8H,3-6H2,1-2H3,(H,11,12)(H,13,14)/t7-,8+/m1/s1. The zero-order chi connectivity index (χ0) is 11.1. The molecule has 0 heterocycles. The molecule has 0 aliphatic carbocycles. The van der Waals surface area contributed by atoms with Crippen molar-refractivity contribution in [2.45, 2.75) is 39.5 Å². The van der Waals surface area contributed by atoms with E-state index in [0.717, 1.165) is 19.3 Å². The molecule has 0 aromatic heterocycles. The van der Waals surface area contributed by atoms with Gasteiger partial charge >= 0.3 is 11.9 Å². The van der Waals surface area contributed by atoms with Crippen LogP contribution in [0.5, 0.6) is 0 Å². The molecule has 0 saturated carbocycles. The third kappa shape index (κ3) is 4.84. The number of rotatable bonds is 7. The van der Waals surface area contributed by atoms with Gasteiger partial charge in [0.05, 0.1) is 12.3 Å². The summed E-state index contributed by atoms with van der Waals surface area (Å²) in [5, 5.41) is 17.4. The van der Waals surface area contributed by atoms with Crippen molar-refractivity contribution in [2.75, 3.05) is 0 Å². The van der Waals surface area contributed by atoms with Gasteiger partial charge in [0.2, 0.25) is 0 Å². The van der Waals surface area contributed by atoms with E-state index >= 15 is 0 Å². The summed E-state index contributed by atoms with van der Waals surface area (Å²) in [5.41, 5.74) is 0. The monoisotopic (exact) mass is 202 g/mol. The molecule has 0 radical (unpaired) electrons. The summed E-state index contributed by atoms with van der Waals surface area (Å²) in [7, 11) is 0. The molecular weight excluding hydrogens is 184 g/mol. The van der Waals surface area contributed by atoms with Crippen LogP contribution in [0.3, 0.4) is 0 Å².